The largest absolute Gasteiger partial charge is 0.496 e. The fourth-order valence-corrected chi connectivity index (χ4v) is 8.91. The highest BCUT2D eigenvalue weighted by atomic mass is 32.2. The summed E-state index contributed by atoms with van der Waals surface area (Å²) in [5, 5.41) is 5.82. The van der Waals surface area contributed by atoms with Crippen molar-refractivity contribution in [2.45, 2.75) is 114 Å². The molecule has 14 nitrogen and oxygen atoms in total. The number of aromatic nitrogens is 1. The van der Waals surface area contributed by atoms with Crippen LogP contribution in [0.15, 0.2) is 36.5 Å². The molecule has 0 spiro atoms. The molecular weight excluding hydrogens is 722 g/mol. The number of allylic oxidation sites excluding steroid dienone is 1. The van der Waals surface area contributed by atoms with Gasteiger partial charge in [-0.15, -0.1) is 0 Å². The van der Waals surface area contributed by atoms with E-state index in [4.69, 9.17) is 14.2 Å². The highest BCUT2D eigenvalue weighted by Crippen LogP contribution is 2.46. The van der Waals surface area contributed by atoms with Gasteiger partial charge in [0.05, 0.1) is 24.3 Å². The number of rotatable bonds is 7. The van der Waals surface area contributed by atoms with Gasteiger partial charge in [0.2, 0.25) is 27.7 Å². The molecule has 16 heteroatoms. The maximum atomic E-state index is 14.7. The average Bonchev–Trinajstić information content (AvgIpc) is 4.01. The maximum Gasteiger partial charge on any atom is 0.408 e. The van der Waals surface area contributed by atoms with E-state index in [0.717, 1.165) is 6.42 Å². The lowest BCUT2D eigenvalue weighted by Crippen LogP contribution is -2.59. The first-order valence-electron chi connectivity index (χ1n) is 18.5. The van der Waals surface area contributed by atoms with Crippen molar-refractivity contribution < 1.29 is 46.2 Å². The van der Waals surface area contributed by atoms with Crippen LogP contribution in [0.4, 0.5) is 9.18 Å². The molecule has 7 atom stereocenters. The lowest BCUT2D eigenvalue weighted by molar-refractivity contribution is -0.142. The summed E-state index contributed by atoms with van der Waals surface area (Å²) in [6.45, 7) is 8.93. The number of nitrogens with one attached hydrogen (secondary N) is 3. The van der Waals surface area contributed by atoms with E-state index in [1.165, 1.54) is 30.3 Å². The van der Waals surface area contributed by atoms with Crippen LogP contribution < -0.4 is 24.8 Å². The fraction of sp³-hybridized carbons (Fsp3) is 0.605. The van der Waals surface area contributed by atoms with Crippen molar-refractivity contribution in [3.8, 4) is 11.6 Å². The van der Waals surface area contributed by atoms with E-state index in [0.29, 0.717) is 36.5 Å². The molecule has 3 heterocycles. The molecule has 1 aromatic carbocycles. The highest BCUT2D eigenvalue weighted by Gasteiger charge is 2.62. The smallest absolute Gasteiger partial charge is 0.408 e. The summed E-state index contributed by atoms with van der Waals surface area (Å²) in [4.78, 5) is 61.7. The Kier molecular flexibility index (Phi) is 10.9. The first-order valence-corrected chi connectivity index (χ1v) is 20.1. The predicted octanol–water partition coefficient (Wildman–Crippen LogP) is 4.12. The van der Waals surface area contributed by atoms with Gasteiger partial charge in [-0.2, -0.15) is 0 Å². The molecule has 6 rings (SSSR count). The van der Waals surface area contributed by atoms with E-state index in [2.05, 4.69) is 27.3 Å². The van der Waals surface area contributed by atoms with Crippen molar-refractivity contribution in [1.29, 1.82) is 0 Å². The minimum Gasteiger partial charge on any atom is -0.496 e. The van der Waals surface area contributed by atoms with Crippen LogP contribution in [0.2, 0.25) is 0 Å². The molecule has 2 aromatic rings. The SMILES string of the molecule is COc1cc(F)cc2c(O[C@@H]3C[C@H]4C(=O)N[C@]5(C(=O)NS(=O)(=O)C6CC6)C[C@H]5/C=C\CC[C@@H](C)C[C@@H](C)[C@H](NC(=O)OC(C)(C)C)C(=O)N4C3)nccc12. The van der Waals surface area contributed by atoms with Crippen LogP contribution in [-0.4, -0.2) is 90.3 Å². The molecule has 2 aliphatic carbocycles. The zero-order valence-corrected chi connectivity index (χ0v) is 32.3. The van der Waals surface area contributed by atoms with Crippen molar-refractivity contribution >= 4 is 44.6 Å². The molecule has 4 aliphatic rings. The van der Waals surface area contributed by atoms with Gasteiger partial charge in [-0.25, -0.2) is 22.6 Å². The van der Waals surface area contributed by atoms with Crippen LogP contribution in [0, 0.1) is 23.6 Å². The van der Waals surface area contributed by atoms with E-state index in [-0.39, 0.29) is 42.9 Å². The van der Waals surface area contributed by atoms with Gasteiger partial charge < -0.3 is 29.7 Å². The number of carbonyl (C=O) groups excluding carboxylic acids is 4. The van der Waals surface area contributed by atoms with Crippen molar-refractivity contribution in [3.63, 3.8) is 0 Å². The number of hydrogen-bond acceptors (Lipinski definition) is 10. The number of fused-ring (bicyclic) bond motifs is 3. The van der Waals surface area contributed by atoms with E-state index in [1.54, 1.807) is 26.8 Å². The molecule has 1 saturated heterocycles. The molecule has 1 aromatic heterocycles. The number of amides is 4. The van der Waals surface area contributed by atoms with Gasteiger partial charge in [-0.05, 0) is 83.3 Å². The van der Waals surface area contributed by atoms with Crippen molar-refractivity contribution in [2.24, 2.45) is 17.8 Å². The number of hydrogen-bond donors (Lipinski definition) is 3. The summed E-state index contributed by atoms with van der Waals surface area (Å²) in [6.07, 6.45) is 6.61. The highest BCUT2D eigenvalue weighted by molar-refractivity contribution is 7.91. The van der Waals surface area contributed by atoms with Crippen molar-refractivity contribution in [3.05, 3.63) is 42.4 Å². The van der Waals surface area contributed by atoms with Gasteiger partial charge in [0.25, 0.3) is 5.91 Å². The van der Waals surface area contributed by atoms with Gasteiger partial charge in [-0.1, -0.05) is 26.0 Å². The summed E-state index contributed by atoms with van der Waals surface area (Å²) < 4.78 is 59.8. The summed E-state index contributed by atoms with van der Waals surface area (Å²) in [5.41, 5.74) is -2.40. The fourth-order valence-electron chi connectivity index (χ4n) is 7.54. The Bertz CT molecular complexity index is 1950. The molecule has 2 aliphatic heterocycles. The Morgan fingerprint density at radius 3 is 2.52 bits per heavy atom. The summed E-state index contributed by atoms with van der Waals surface area (Å²) in [7, 11) is -2.51. The van der Waals surface area contributed by atoms with Gasteiger partial charge in [0.1, 0.15) is 40.9 Å². The monoisotopic (exact) mass is 771 g/mol. The minimum absolute atomic E-state index is 0.0510. The third-order valence-electron chi connectivity index (χ3n) is 10.6. The van der Waals surface area contributed by atoms with Crippen LogP contribution >= 0.6 is 0 Å². The lowest BCUT2D eigenvalue weighted by atomic mass is 9.88. The predicted molar refractivity (Wildman–Crippen MR) is 196 cm³/mol. The Balaban J connectivity index is 1.36. The van der Waals surface area contributed by atoms with Crippen LogP contribution in [0.1, 0.15) is 79.6 Å². The molecule has 2 saturated carbocycles. The van der Waals surface area contributed by atoms with Crippen LogP contribution in [0.3, 0.4) is 0 Å². The molecule has 0 unspecified atom stereocenters. The average molecular weight is 772 g/mol. The quantitative estimate of drug-likeness (QED) is 0.347. The minimum atomic E-state index is -3.93. The summed E-state index contributed by atoms with van der Waals surface area (Å²) in [5.74, 6) is -3.05. The van der Waals surface area contributed by atoms with E-state index >= 15 is 0 Å². The van der Waals surface area contributed by atoms with Gasteiger partial charge in [0.15, 0.2) is 0 Å². The van der Waals surface area contributed by atoms with E-state index in [9.17, 15) is 32.0 Å². The Labute approximate surface area is 315 Å². The summed E-state index contributed by atoms with van der Waals surface area (Å²) >= 11 is 0. The zero-order valence-electron chi connectivity index (χ0n) is 31.5. The van der Waals surface area contributed by atoms with E-state index < -0.39 is 80.2 Å². The molecule has 0 radical (unpaired) electrons. The number of carbonyl (C=O) groups is 4. The Morgan fingerprint density at radius 2 is 1.83 bits per heavy atom. The summed E-state index contributed by atoms with van der Waals surface area (Å²) in [6, 6.07) is 1.86. The zero-order chi connectivity index (χ0) is 39.2. The second-order valence-electron chi connectivity index (χ2n) is 16.2. The van der Waals surface area contributed by atoms with Crippen LogP contribution in [0.25, 0.3) is 10.8 Å². The van der Waals surface area contributed by atoms with E-state index in [1.807, 2.05) is 19.1 Å². The number of ether oxygens (including phenoxy) is 3. The molecule has 54 heavy (non-hydrogen) atoms. The molecule has 294 valence electrons. The third-order valence-corrected chi connectivity index (χ3v) is 12.4. The number of nitrogens with zero attached hydrogens (tertiary/aromatic N) is 2. The second kappa shape index (κ2) is 15.0. The van der Waals surface area contributed by atoms with Crippen LogP contribution in [-0.2, 0) is 29.1 Å². The normalized spacial score (nSPS) is 29.8. The molecular formula is C38H50FN5O9S. The Morgan fingerprint density at radius 1 is 1.09 bits per heavy atom. The first-order chi connectivity index (χ1) is 25.4. The van der Waals surface area contributed by atoms with Crippen molar-refractivity contribution in [1.82, 2.24) is 25.2 Å². The molecule has 3 N–H and O–H groups in total. The molecule has 3 fully saturated rings. The third kappa shape index (κ3) is 8.58. The van der Waals surface area contributed by atoms with Crippen LogP contribution in [0.5, 0.6) is 11.6 Å². The second-order valence-corrected chi connectivity index (χ2v) is 18.2. The van der Waals surface area contributed by atoms with Crippen molar-refractivity contribution in [2.75, 3.05) is 13.7 Å². The molecule has 4 amide bonds. The first kappa shape index (κ1) is 39.2. The Hall–Kier alpha value is -4.47. The number of alkyl carbamates (subject to hydrolysis) is 1. The van der Waals surface area contributed by atoms with Gasteiger partial charge in [-0.3, -0.25) is 19.1 Å². The topological polar surface area (TPSA) is 182 Å². The van der Waals surface area contributed by atoms with Gasteiger partial charge in [0, 0.05) is 30.0 Å². The maximum absolute atomic E-state index is 14.7. The number of methoxy groups -OCH3 is 1. The standard InChI is InChI=1S/C38H50FN5O9S/c1-21-9-7-8-10-23-19-38(23,35(47)43-54(49,50)26-11-12-26)42-32(45)29-18-25(52-33-28-16-24(39)17-30(51-6)27(28)13-14-40-33)20-44(29)34(46)31(22(2)15-21)41-36(48)53-37(3,4)5/h8,10,13-14,16-17,21-23,25-26,29,31H,7,9,11-12,15,18-20H2,1-6H3,(H,41,48)(H,42,45)(H,43,47)/b10-8-/t21-,22-,23-,25-,29+,31+,38-/m1/s1. The lowest BCUT2D eigenvalue weighted by Gasteiger charge is -2.33. The molecule has 0 bridgehead atoms. The number of pyridine rings is 1. The number of benzene rings is 1. The number of halogens is 1. The number of sulfonamides is 1. The van der Waals surface area contributed by atoms with Gasteiger partial charge >= 0.3 is 6.09 Å².